The van der Waals surface area contributed by atoms with E-state index in [1.807, 2.05) is 6.07 Å². The molecule has 3 rings (SSSR count). The van der Waals surface area contributed by atoms with Crippen LogP contribution >= 0.6 is 0 Å². The van der Waals surface area contributed by atoms with Gasteiger partial charge < -0.3 is 11.5 Å². The second kappa shape index (κ2) is 6.66. The van der Waals surface area contributed by atoms with E-state index in [0.717, 1.165) is 30.6 Å². The van der Waals surface area contributed by atoms with Crippen molar-refractivity contribution in [1.82, 2.24) is 0 Å². The minimum atomic E-state index is 0.853. The van der Waals surface area contributed by atoms with E-state index in [1.165, 1.54) is 59.1 Å². The predicted octanol–water partition coefficient (Wildman–Crippen LogP) is 5.11. The number of hydrogen-bond acceptors (Lipinski definition) is 2. The van der Waals surface area contributed by atoms with Gasteiger partial charge in [0.1, 0.15) is 0 Å². The molecule has 2 heteroatoms. The summed E-state index contributed by atoms with van der Waals surface area (Å²) in [4.78, 5) is 0. The van der Waals surface area contributed by atoms with E-state index in [-0.39, 0.29) is 0 Å². The Labute approximate surface area is 139 Å². The van der Waals surface area contributed by atoms with Gasteiger partial charge in [0.15, 0.2) is 0 Å². The van der Waals surface area contributed by atoms with Gasteiger partial charge in [-0.2, -0.15) is 0 Å². The van der Waals surface area contributed by atoms with Crippen molar-refractivity contribution in [2.24, 2.45) is 0 Å². The molecule has 0 atom stereocenters. The number of fused-ring (bicyclic) bond motifs is 3. The number of nitrogens with two attached hydrogens (primary N) is 2. The maximum atomic E-state index is 6.58. The van der Waals surface area contributed by atoms with Crippen LogP contribution in [0.25, 0.3) is 11.1 Å². The van der Waals surface area contributed by atoms with E-state index in [1.54, 1.807) is 0 Å². The molecule has 23 heavy (non-hydrogen) atoms. The molecule has 4 N–H and O–H groups in total. The van der Waals surface area contributed by atoms with Crippen LogP contribution in [-0.4, -0.2) is 0 Å². The lowest BCUT2D eigenvalue weighted by Crippen LogP contribution is -2.05. The van der Waals surface area contributed by atoms with Gasteiger partial charge in [0.05, 0.1) is 0 Å². The molecule has 0 aromatic heterocycles. The van der Waals surface area contributed by atoms with E-state index >= 15 is 0 Å². The van der Waals surface area contributed by atoms with Gasteiger partial charge >= 0.3 is 0 Å². The SMILES string of the molecule is CCCCc1cc2c(c(CCCC)c1N)Cc1cc(N)ccc1-2. The smallest absolute Gasteiger partial charge is 0.0382 e. The van der Waals surface area contributed by atoms with Gasteiger partial charge in [-0.3, -0.25) is 0 Å². The van der Waals surface area contributed by atoms with Crippen molar-refractivity contribution in [3.63, 3.8) is 0 Å². The highest BCUT2D eigenvalue weighted by Gasteiger charge is 2.24. The average Bonchev–Trinajstić information content (AvgIpc) is 2.89. The van der Waals surface area contributed by atoms with Crippen LogP contribution in [0.4, 0.5) is 11.4 Å². The molecule has 2 aromatic rings. The Morgan fingerprint density at radius 3 is 2.39 bits per heavy atom. The highest BCUT2D eigenvalue weighted by molar-refractivity contribution is 5.83. The molecule has 0 unspecified atom stereocenters. The molecule has 122 valence electrons. The van der Waals surface area contributed by atoms with Crippen LogP contribution in [0.3, 0.4) is 0 Å². The molecule has 0 saturated heterocycles. The van der Waals surface area contributed by atoms with E-state index in [2.05, 4.69) is 32.0 Å². The van der Waals surface area contributed by atoms with E-state index in [9.17, 15) is 0 Å². The normalized spacial score (nSPS) is 12.3. The zero-order valence-electron chi connectivity index (χ0n) is 14.4. The summed E-state index contributed by atoms with van der Waals surface area (Å²) in [6, 6.07) is 8.67. The number of benzene rings is 2. The van der Waals surface area contributed by atoms with Crippen molar-refractivity contribution in [3.05, 3.63) is 46.5 Å². The van der Waals surface area contributed by atoms with Crippen LogP contribution in [0, 0.1) is 0 Å². The highest BCUT2D eigenvalue weighted by Crippen LogP contribution is 2.43. The van der Waals surface area contributed by atoms with Crippen molar-refractivity contribution in [1.29, 1.82) is 0 Å². The zero-order chi connectivity index (χ0) is 16.4. The topological polar surface area (TPSA) is 52.0 Å². The van der Waals surface area contributed by atoms with Gasteiger partial charge in [-0.15, -0.1) is 0 Å². The third kappa shape index (κ3) is 2.95. The van der Waals surface area contributed by atoms with Gasteiger partial charge in [-0.05, 0) is 83.7 Å². The molecule has 0 spiro atoms. The Kier molecular flexibility index (Phi) is 4.61. The predicted molar refractivity (Wildman–Crippen MR) is 101 cm³/mol. The Morgan fingerprint density at radius 1 is 0.913 bits per heavy atom. The molecule has 0 heterocycles. The van der Waals surface area contributed by atoms with Crippen LogP contribution in [-0.2, 0) is 19.3 Å². The molecular formula is C21H28N2. The summed E-state index contributed by atoms with van der Waals surface area (Å²) in [5, 5.41) is 0. The first kappa shape index (κ1) is 15.9. The quantitative estimate of drug-likeness (QED) is 0.622. The summed E-state index contributed by atoms with van der Waals surface area (Å²) in [5.74, 6) is 0. The second-order valence-corrected chi connectivity index (χ2v) is 6.75. The molecule has 2 nitrogen and oxygen atoms in total. The van der Waals surface area contributed by atoms with Crippen molar-refractivity contribution in [2.75, 3.05) is 11.5 Å². The summed E-state index contributed by atoms with van der Waals surface area (Å²) in [7, 11) is 0. The Hall–Kier alpha value is -1.96. The number of nitrogen functional groups attached to an aromatic ring is 2. The van der Waals surface area contributed by atoms with E-state index in [4.69, 9.17) is 11.5 Å². The summed E-state index contributed by atoms with van der Waals surface area (Å²) in [6.45, 7) is 4.48. The maximum Gasteiger partial charge on any atom is 0.0382 e. The zero-order valence-corrected chi connectivity index (χ0v) is 14.4. The fourth-order valence-electron chi connectivity index (χ4n) is 3.73. The highest BCUT2D eigenvalue weighted by atomic mass is 14.6. The second-order valence-electron chi connectivity index (χ2n) is 6.75. The lowest BCUT2D eigenvalue weighted by Gasteiger charge is -2.17. The lowest BCUT2D eigenvalue weighted by molar-refractivity contribution is 0.780. The molecule has 2 aromatic carbocycles. The fraction of sp³-hybridized carbons (Fsp3) is 0.429. The molecular weight excluding hydrogens is 280 g/mol. The molecule has 0 fully saturated rings. The minimum Gasteiger partial charge on any atom is -0.399 e. The summed E-state index contributed by atoms with van der Waals surface area (Å²) in [5.41, 5.74) is 22.7. The summed E-state index contributed by atoms with van der Waals surface area (Å²) in [6.07, 6.45) is 7.96. The van der Waals surface area contributed by atoms with Gasteiger partial charge in [0, 0.05) is 11.4 Å². The molecule has 0 amide bonds. The van der Waals surface area contributed by atoms with Gasteiger partial charge in [-0.1, -0.05) is 32.8 Å². The number of aryl methyl sites for hydroxylation is 1. The van der Waals surface area contributed by atoms with Gasteiger partial charge in [0.2, 0.25) is 0 Å². The Balaban J connectivity index is 2.11. The number of unbranched alkanes of at least 4 members (excludes halogenated alkanes) is 2. The van der Waals surface area contributed by atoms with Crippen molar-refractivity contribution in [2.45, 2.75) is 58.8 Å². The molecule has 0 radical (unpaired) electrons. The molecule has 1 aliphatic carbocycles. The van der Waals surface area contributed by atoms with Crippen LogP contribution in [0.1, 0.15) is 61.8 Å². The molecule has 0 bridgehead atoms. The first-order valence-corrected chi connectivity index (χ1v) is 8.97. The standard InChI is InChI=1S/C21H28N2/c1-3-5-7-14-12-19-17-10-9-16(22)11-15(17)13-20(19)18(21(14)23)8-6-4-2/h9-12H,3-8,13,22-23H2,1-2H3. The fourth-order valence-corrected chi connectivity index (χ4v) is 3.73. The first-order chi connectivity index (χ1) is 11.2. The van der Waals surface area contributed by atoms with E-state index < -0.39 is 0 Å². The van der Waals surface area contributed by atoms with Crippen LogP contribution in [0.5, 0.6) is 0 Å². The Morgan fingerprint density at radius 2 is 1.65 bits per heavy atom. The van der Waals surface area contributed by atoms with Crippen molar-refractivity contribution < 1.29 is 0 Å². The average molecular weight is 308 g/mol. The van der Waals surface area contributed by atoms with E-state index in [0.29, 0.717) is 0 Å². The van der Waals surface area contributed by atoms with Crippen LogP contribution in [0.15, 0.2) is 24.3 Å². The number of anilines is 2. The molecule has 0 saturated carbocycles. The summed E-state index contributed by atoms with van der Waals surface area (Å²) >= 11 is 0. The van der Waals surface area contributed by atoms with Gasteiger partial charge in [-0.25, -0.2) is 0 Å². The lowest BCUT2D eigenvalue weighted by atomic mass is 9.90. The first-order valence-electron chi connectivity index (χ1n) is 8.97. The minimum absolute atomic E-state index is 0.853. The third-order valence-corrected chi connectivity index (χ3v) is 5.05. The van der Waals surface area contributed by atoms with Crippen molar-refractivity contribution in [3.8, 4) is 11.1 Å². The molecule has 1 aliphatic rings. The van der Waals surface area contributed by atoms with Gasteiger partial charge in [0.25, 0.3) is 0 Å². The number of rotatable bonds is 6. The largest absolute Gasteiger partial charge is 0.399 e. The Bertz CT molecular complexity index is 716. The number of hydrogen-bond donors (Lipinski definition) is 2. The van der Waals surface area contributed by atoms with Crippen LogP contribution < -0.4 is 11.5 Å². The maximum absolute atomic E-state index is 6.58. The summed E-state index contributed by atoms with van der Waals surface area (Å²) < 4.78 is 0. The van der Waals surface area contributed by atoms with Crippen molar-refractivity contribution >= 4 is 11.4 Å². The third-order valence-electron chi connectivity index (χ3n) is 5.05. The molecule has 0 aliphatic heterocycles. The van der Waals surface area contributed by atoms with Crippen LogP contribution in [0.2, 0.25) is 0 Å². The monoisotopic (exact) mass is 308 g/mol.